The average molecular weight is 343 g/mol. The Labute approximate surface area is 141 Å². The number of hydrogen-bond acceptors (Lipinski definition) is 4. The van der Waals surface area contributed by atoms with E-state index >= 15 is 0 Å². The number of hydrogen-bond donors (Lipinski definition) is 1. The highest BCUT2D eigenvalue weighted by Gasteiger charge is 2.07. The number of thiophene rings is 1. The van der Waals surface area contributed by atoms with Crippen LogP contribution in [0.15, 0.2) is 58.7 Å². The zero-order valence-corrected chi connectivity index (χ0v) is 13.4. The molecule has 0 bridgehead atoms. The first-order valence-corrected chi connectivity index (χ1v) is 8.17. The summed E-state index contributed by atoms with van der Waals surface area (Å²) < 4.78 is 14.4. The van der Waals surface area contributed by atoms with Gasteiger partial charge < -0.3 is 5.32 Å². The second-order valence-electron chi connectivity index (χ2n) is 5.02. The largest absolute Gasteiger partial charge is 0.350 e. The van der Waals surface area contributed by atoms with E-state index in [9.17, 15) is 14.0 Å². The van der Waals surface area contributed by atoms with Crippen molar-refractivity contribution in [3.63, 3.8) is 0 Å². The third kappa shape index (κ3) is 3.75. The van der Waals surface area contributed by atoms with Gasteiger partial charge in [0.05, 0.1) is 11.4 Å². The zero-order chi connectivity index (χ0) is 16.9. The van der Waals surface area contributed by atoms with Crippen LogP contribution in [-0.2, 0) is 6.54 Å². The summed E-state index contributed by atoms with van der Waals surface area (Å²) in [6, 6.07) is 12.4. The van der Waals surface area contributed by atoms with Gasteiger partial charge in [-0.15, -0.1) is 11.3 Å². The lowest BCUT2D eigenvalue weighted by Gasteiger charge is -2.08. The quantitative estimate of drug-likeness (QED) is 0.774. The number of carbonyl (C=O) groups excluding carboxylic acids is 1. The molecule has 1 amide bonds. The van der Waals surface area contributed by atoms with E-state index in [1.54, 1.807) is 6.07 Å². The highest BCUT2D eigenvalue weighted by molar-refractivity contribution is 7.13. The molecule has 0 aliphatic carbocycles. The molecule has 5 nitrogen and oxygen atoms in total. The van der Waals surface area contributed by atoms with E-state index < -0.39 is 11.7 Å². The summed E-state index contributed by atoms with van der Waals surface area (Å²) in [4.78, 5) is 24.8. The van der Waals surface area contributed by atoms with E-state index in [2.05, 4.69) is 10.4 Å². The van der Waals surface area contributed by atoms with E-state index in [0.717, 1.165) is 10.9 Å². The summed E-state index contributed by atoms with van der Waals surface area (Å²) in [5.74, 6) is -0.860. The van der Waals surface area contributed by atoms with Gasteiger partial charge in [0.15, 0.2) is 0 Å². The number of benzene rings is 1. The third-order valence-electron chi connectivity index (χ3n) is 3.34. The molecule has 1 N–H and O–H groups in total. The van der Waals surface area contributed by atoms with Gasteiger partial charge in [0.1, 0.15) is 11.5 Å². The Bertz CT molecular complexity index is 906. The minimum absolute atomic E-state index is 0.218. The van der Waals surface area contributed by atoms with Crippen molar-refractivity contribution in [1.29, 1.82) is 0 Å². The van der Waals surface area contributed by atoms with Gasteiger partial charge in [-0.25, -0.2) is 9.07 Å². The van der Waals surface area contributed by atoms with Crippen LogP contribution < -0.4 is 10.9 Å². The molecule has 7 heteroatoms. The third-order valence-corrected chi connectivity index (χ3v) is 4.23. The highest BCUT2D eigenvalue weighted by Crippen LogP contribution is 2.20. The number of nitrogens with one attached hydrogen (secondary N) is 1. The highest BCUT2D eigenvalue weighted by atomic mass is 32.1. The van der Waals surface area contributed by atoms with Crippen LogP contribution in [0.5, 0.6) is 0 Å². The Kier molecular flexibility index (Phi) is 4.81. The molecule has 0 fully saturated rings. The van der Waals surface area contributed by atoms with Gasteiger partial charge >= 0.3 is 0 Å². The average Bonchev–Trinajstić information content (AvgIpc) is 3.11. The summed E-state index contributed by atoms with van der Waals surface area (Å²) in [6.07, 6.45) is 0. The maximum atomic E-state index is 13.1. The molecule has 0 atom stereocenters. The fourth-order valence-corrected chi connectivity index (χ4v) is 2.86. The Balaban J connectivity index is 1.65. The van der Waals surface area contributed by atoms with E-state index in [1.807, 2.05) is 17.5 Å². The maximum Gasteiger partial charge on any atom is 0.266 e. The number of nitrogens with zero attached hydrogens (tertiary/aromatic N) is 2. The molecule has 0 spiro atoms. The molecule has 0 aliphatic heterocycles. The van der Waals surface area contributed by atoms with Gasteiger partial charge in [-0.05, 0) is 35.7 Å². The van der Waals surface area contributed by atoms with Crippen molar-refractivity contribution in [2.75, 3.05) is 6.54 Å². The summed E-state index contributed by atoms with van der Waals surface area (Å²) in [6.45, 7) is 0.454. The zero-order valence-electron chi connectivity index (χ0n) is 12.6. The van der Waals surface area contributed by atoms with Crippen LogP contribution in [0.1, 0.15) is 10.4 Å². The Morgan fingerprint density at radius 1 is 1.21 bits per heavy atom. The van der Waals surface area contributed by atoms with Gasteiger partial charge in [0.25, 0.3) is 11.5 Å². The van der Waals surface area contributed by atoms with Crippen molar-refractivity contribution >= 4 is 17.2 Å². The SMILES string of the molecule is O=C(NCCn1nc(-c2cccs2)ccc1=O)c1cccc(F)c1. The van der Waals surface area contributed by atoms with Crippen LogP contribution in [0.4, 0.5) is 4.39 Å². The maximum absolute atomic E-state index is 13.1. The molecule has 3 rings (SSSR count). The fourth-order valence-electron chi connectivity index (χ4n) is 2.17. The Morgan fingerprint density at radius 3 is 2.83 bits per heavy atom. The predicted octanol–water partition coefficient (Wildman–Crippen LogP) is 2.54. The monoisotopic (exact) mass is 343 g/mol. The van der Waals surface area contributed by atoms with Gasteiger partial charge in [-0.3, -0.25) is 9.59 Å². The molecular formula is C17H14FN3O2S. The lowest BCUT2D eigenvalue weighted by Crippen LogP contribution is -2.31. The van der Waals surface area contributed by atoms with Gasteiger partial charge in [-0.1, -0.05) is 12.1 Å². The normalized spacial score (nSPS) is 10.5. The Hall–Kier alpha value is -2.80. The molecule has 0 saturated carbocycles. The molecule has 122 valence electrons. The van der Waals surface area contributed by atoms with Crippen LogP contribution in [0.2, 0.25) is 0 Å². The van der Waals surface area contributed by atoms with Crippen molar-refractivity contribution in [2.24, 2.45) is 0 Å². The first kappa shape index (κ1) is 16.1. The first-order valence-electron chi connectivity index (χ1n) is 7.29. The van der Waals surface area contributed by atoms with Crippen LogP contribution in [0, 0.1) is 5.82 Å². The van der Waals surface area contributed by atoms with E-state index in [4.69, 9.17) is 0 Å². The number of aromatic nitrogens is 2. The van der Waals surface area contributed by atoms with Crippen LogP contribution >= 0.6 is 11.3 Å². The second kappa shape index (κ2) is 7.18. The lowest BCUT2D eigenvalue weighted by atomic mass is 10.2. The molecule has 0 aliphatic rings. The Morgan fingerprint density at radius 2 is 2.08 bits per heavy atom. The topological polar surface area (TPSA) is 64.0 Å². The van der Waals surface area contributed by atoms with Gasteiger partial charge in [0.2, 0.25) is 0 Å². The van der Waals surface area contributed by atoms with Crippen LogP contribution in [-0.4, -0.2) is 22.2 Å². The number of halogens is 1. The van der Waals surface area contributed by atoms with Crippen LogP contribution in [0.3, 0.4) is 0 Å². The van der Waals surface area contributed by atoms with Gasteiger partial charge in [-0.2, -0.15) is 5.10 Å². The molecule has 3 aromatic rings. The number of carbonyl (C=O) groups is 1. The summed E-state index contributed by atoms with van der Waals surface area (Å²) in [7, 11) is 0. The van der Waals surface area contributed by atoms with Crippen molar-refractivity contribution in [1.82, 2.24) is 15.1 Å². The van der Waals surface area contributed by atoms with Crippen molar-refractivity contribution < 1.29 is 9.18 Å². The molecule has 0 saturated heterocycles. The van der Waals surface area contributed by atoms with E-state index in [0.29, 0.717) is 5.69 Å². The molecule has 1 aromatic carbocycles. The smallest absolute Gasteiger partial charge is 0.266 e. The molecule has 0 radical (unpaired) electrons. The predicted molar refractivity (Wildman–Crippen MR) is 90.5 cm³/mol. The number of rotatable bonds is 5. The van der Waals surface area contributed by atoms with Crippen molar-refractivity contribution in [3.05, 3.63) is 75.6 Å². The van der Waals surface area contributed by atoms with Crippen LogP contribution in [0.25, 0.3) is 10.6 Å². The summed E-state index contributed by atoms with van der Waals surface area (Å²) >= 11 is 1.53. The van der Waals surface area contributed by atoms with Crippen molar-refractivity contribution in [3.8, 4) is 10.6 Å². The van der Waals surface area contributed by atoms with E-state index in [1.165, 1.54) is 40.3 Å². The fraction of sp³-hybridized carbons (Fsp3) is 0.118. The minimum atomic E-state index is -0.468. The lowest BCUT2D eigenvalue weighted by molar-refractivity contribution is 0.0951. The van der Waals surface area contributed by atoms with Gasteiger partial charge in [0, 0.05) is 18.2 Å². The molecule has 2 aromatic heterocycles. The van der Waals surface area contributed by atoms with E-state index in [-0.39, 0.29) is 24.2 Å². The minimum Gasteiger partial charge on any atom is -0.350 e. The first-order chi connectivity index (χ1) is 11.6. The second-order valence-corrected chi connectivity index (χ2v) is 5.97. The van der Waals surface area contributed by atoms with Crippen molar-refractivity contribution in [2.45, 2.75) is 6.54 Å². The number of amides is 1. The summed E-state index contributed by atoms with van der Waals surface area (Å²) in [5.41, 5.74) is 0.707. The molecule has 2 heterocycles. The molecule has 24 heavy (non-hydrogen) atoms. The summed E-state index contributed by atoms with van der Waals surface area (Å²) in [5, 5.41) is 8.89. The molecular weight excluding hydrogens is 329 g/mol. The molecule has 0 unspecified atom stereocenters. The standard InChI is InChI=1S/C17H14FN3O2S/c18-13-4-1-3-12(11-13)17(23)19-8-9-21-16(22)7-6-14(20-21)15-5-2-10-24-15/h1-7,10-11H,8-9H2,(H,19,23).